The molecule has 0 saturated heterocycles. The second kappa shape index (κ2) is 4.54. The van der Waals surface area contributed by atoms with Crippen molar-refractivity contribution in [1.82, 2.24) is 25.3 Å². The van der Waals surface area contributed by atoms with Gasteiger partial charge >= 0.3 is 0 Å². The van der Waals surface area contributed by atoms with E-state index in [1.165, 1.54) is 0 Å². The molecular formula is C13H13N5. The molecule has 0 fully saturated rings. The number of hydrogen-bond donors (Lipinski definition) is 2. The van der Waals surface area contributed by atoms with Gasteiger partial charge in [-0.1, -0.05) is 6.07 Å². The minimum atomic E-state index is 0.771. The molecule has 0 aromatic carbocycles. The molecule has 3 heterocycles. The van der Waals surface area contributed by atoms with E-state index in [1.54, 1.807) is 12.5 Å². The van der Waals surface area contributed by atoms with E-state index in [-0.39, 0.29) is 0 Å². The Kier molecular flexibility index (Phi) is 2.74. The third-order valence-electron chi connectivity index (χ3n) is 2.83. The first-order chi connectivity index (χ1) is 8.90. The first kappa shape index (κ1) is 10.9. The van der Waals surface area contributed by atoms with Crippen molar-refractivity contribution in [1.29, 1.82) is 0 Å². The van der Waals surface area contributed by atoms with Gasteiger partial charge in [0.1, 0.15) is 17.7 Å². The Bertz CT molecular complexity index is 659. The van der Waals surface area contributed by atoms with Gasteiger partial charge in [-0.25, -0.2) is 9.97 Å². The molecule has 5 nitrogen and oxygen atoms in total. The Balaban J connectivity index is 2.25. The monoisotopic (exact) mass is 239 g/mol. The third kappa shape index (κ3) is 1.74. The van der Waals surface area contributed by atoms with Crippen LogP contribution in [0.15, 0.2) is 36.9 Å². The van der Waals surface area contributed by atoms with Crippen molar-refractivity contribution in [3.8, 4) is 11.4 Å². The predicted molar refractivity (Wildman–Crippen MR) is 69.9 cm³/mol. The molecule has 3 aromatic heterocycles. The Morgan fingerprint density at radius 3 is 2.94 bits per heavy atom. The number of H-pyrrole nitrogens is 1. The zero-order chi connectivity index (χ0) is 12.4. The number of nitrogens with zero attached hydrogens (tertiary/aromatic N) is 3. The lowest BCUT2D eigenvalue weighted by molar-refractivity contribution is 0.823. The summed E-state index contributed by atoms with van der Waals surface area (Å²) in [4.78, 5) is 16.1. The number of fused-ring (bicyclic) bond motifs is 1. The Labute approximate surface area is 104 Å². The van der Waals surface area contributed by atoms with Gasteiger partial charge in [-0.3, -0.25) is 4.98 Å². The first-order valence-electron chi connectivity index (χ1n) is 5.77. The zero-order valence-corrected chi connectivity index (χ0v) is 10.0. The van der Waals surface area contributed by atoms with Crippen LogP contribution in [0.4, 0.5) is 0 Å². The molecule has 0 radical (unpaired) electrons. The fourth-order valence-electron chi connectivity index (χ4n) is 2.05. The third-order valence-corrected chi connectivity index (χ3v) is 2.83. The molecule has 0 atom stereocenters. The molecule has 0 spiro atoms. The molecule has 0 saturated carbocycles. The molecule has 0 aliphatic rings. The van der Waals surface area contributed by atoms with Crippen LogP contribution in [0.3, 0.4) is 0 Å². The van der Waals surface area contributed by atoms with E-state index in [1.807, 2.05) is 31.4 Å². The van der Waals surface area contributed by atoms with Gasteiger partial charge in [0.15, 0.2) is 0 Å². The van der Waals surface area contributed by atoms with Crippen molar-refractivity contribution in [2.75, 3.05) is 7.05 Å². The number of rotatable bonds is 3. The highest BCUT2D eigenvalue weighted by molar-refractivity contribution is 5.92. The van der Waals surface area contributed by atoms with Gasteiger partial charge in [0.05, 0.1) is 11.1 Å². The summed E-state index contributed by atoms with van der Waals surface area (Å²) < 4.78 is 0. The molecule has 2 N–H and O–H groups in total. The van der Waals surface area contributed by atoms with Crippen LogP contribution in [0.25, 0.3) is 22.4 Å². The number of hydrogen-bond acceptors (Lipinski definition) is 4. The summed E-state index contributed by atoms with van der Waals surface area (Å²) in [5, 5.41) is 4.18. The maximum atomic E-state index is 4.37. The SMILES string of the molecule is CNCc1c[nH]c2ncnc(-c3ccccn3)c12. The van der Waals surface area contributed by atoms with Crippen molar-refractivity contribution >= 4 is 11.0 Å². The van der Waals surface area contributed by atoms with Crippen LogP contribution in [-0.2, 0) is 6.54 Å². The molecule has 5 heteroatoms. The normalized spacial score (nSPS) is 10.9. The number of nitrogens with one attached hydrogen (secondary N) is 2. The van der Waals surface area contributed by atoms with Crippen molar-refractivity contribution in [2.45, 2.75) is 6.54 Å². The van der Waals surface area contributed by atoms with Crippen LogP contribution in [0.5, 0.6) is 0 Å². The fourth-order valence-corrected chi connectivity index (χ4v) is 2.05. The van der Waals surface area contributed by atoms with Crippen molar-refractivity contribution in [2.24, 2.45) is 0 Å². The summed E-state index contributed by atoms with van der Waals surface area (Å²) in [6.07, 6.45) is 5.29. The van der Waals surface area contributed by atoms with Crippen LogP contribution < -0.4 is 5.32 Å². The van der Waals surface area contributed by atoms with E-state index < -0.39 is 0 Å². The molecule has 0 aliphatic heterocycles. The molecule has 3 rings (SSSR count). The van der Waals surface area contributed by atoms with Gasteiger partial charge in [0.25, 0.3) is 0 Å². The van der Waals surface area contributed by atoms with E-state index in [0.29, 0.717) is 0 Å². The van der Waals surface area contributed by atoms with E-state index in [0.717, 1.165) is 34.5 Å². The zero-order valence-electron chi connectivity index (χ0n) is 10.0. The molecule has 18 heavy (non-hydrogen) atoms. The lowest BCUT2D eigenvalue weighted by Gasteiger charge is -2.03. The molecule has 0 aliphatic carbocycles. The highest BCUT2D eigenvalue weighted by Crippen LogP contribution is 2.26. The van der Waals surface area contributed by atoms with Gasteiger partial charge in [0, 0.05) is 18.9 Å². The molecule has 3 aromatic rings. The van der Waals surface area contributed by atoms with E-state index in [4.69, 9.17) is 0 Å². The van der Waals surface area contributed by atoms with Crippen molar-refractivity contribution < 1.29 is 0 Å². The van der Waals surface area contributed by atoms with E-state index in [9.17, 15) is 0 Å². The minimum Gasteiger partial charge on any atom is -0.346 e. The van der Waals surface area contributed by atoms with Crippen LogP contribution in [-0.4, -0.2) is 27.0 Å². The largest absolute Gasteiger partial charge is 0.346 e. The Morgan fingerprint density at radius 1 is 1.22 bits per heavy atom. The van der Waals surface area contributed by atoms with Crippen LogP contribution in [0.1, 0.15) is 5.56 Å². The maximum absolute atomic E-state index is 4.37. The summed E-state index contributed by atoms with van der Waals surface area (Å²) in [6.45, 7) is 0.771. The molecular weight excluding hydrogens is 226 g/mol. The molecule has 0 unspecified atom stereocenters. The maximum Gasteiger partial charge on any atom is 0.141 e. The van der Waals surface area contributed by atoms with Crippen LogP contribution >= 0.6 is 0 Å². The summed E-state index contributed by atoms with van der Waals surface area (Å²) >= 11 is 0. The summed E-state index contributed by atoms with van der Waals surface area (Å²) in [5.41, 5.74) is 3.72. The highest BCUT2D eigenvalue weighted by Gasteiger charge is 2.12. The Hall–Kier alpha value is -2.27. The van der Waals surface area contributed by atoms with Gasteiger partial charge in [-0.05, 0) is 24.7 Å². The second-order valence-electron chi connectivity index (χ2n) is 4.01. The summed E-state index contributed by atoms with van der Waals surface area (Å²) in [6, 6.07) is 5.81. The lowest BCUT2D eigenvalue weighted by atomic mass is 10.1. The van der Waals surface area contributed by atoms with Crippen molar-refractivity contribution in [3.05, 3.63) is 42.5 Å². The minimum absolute atomic E-state index is 0.771. The molecule has 0 amide bonds. The second-order valence-corrected chi connectivity index (χ2v) is 4.01. The molecule has 0 bridgehead atoms. The fraction of sp³-hybridized carbons (Fsp3) is 0.154. The lowest BCUT2D eigenvalue weighted by Crippen LogP contribution is -2.04. The predicted octanol–water partition coefficient (Wildman–Crippen LogP) is 1.74. The van der Waals surface area contributed by atoms with Crippen molar-refractivity contribution in [3.63, 3.8) is 0 Å². The van der Waals surface area contributed by atoms with Gasteiger partial charge in [0.2, 0.25) is 0 Å². The Morgan fingerprint density at radius 2 is 2.17 bits per heavy atom. The van der Waals surface area contributed by atoms with Crippen LogP contribution in [0, 0.1) is 0 Å². The molecule has 90 valence electrons. The van der Waals surface area contributed by atoms with Gasteiger partial charge < -0.3 is 10.3 Å². The number of pyridine rings is 1. The quantitative estimate of drug-likeness (QED) is 0.730. The first-order valence-corrected chi connectivity index (χ1v) is 5.77. The standard InChI is InChI=1S/C13H13N5/c1-14-6-9-7-16-13-11(9)12(17-8-18-13)10-4-2-3-5-15-10/h2-5,7-8,14H,6H2,1H3,(H,16,17,18). The average molecular weight is 239 g/mol. The smallest absolute Gasteiger partial charge is 0.141 e. The average Bonchev–Trinajstić information content (AvgIpc) is 2.84. The topological polar surface area (TPSA) is 66.5 Å². The number of aromatic nitrogens is 4. The summed E-state index contributed by atoms with van der Waals surface area (Å²) in [7, 11) is 1.92. The van der Waals surface area contributed by atoms with E-state index >= 15 is 0 Å². The van der Waals surface area contributed by atoms with Crippen LogP contribution in [0.2, 0.25) is 0 Å². The van der Waals surface area contributed by atoms with Gasteiger partial charge in [-0.2, -0.15) is 0 Å². The highest BCUT2D eigenvalue weighted by atomic mass is 14.9. The van der Waals surface area contributed by atoms with Gasteiger partial charge in [-0.15, -0.1) is 0 Å². The summed E-state index contributed by atoms with van der Waals surface area (Å²) in [5.74, 6) is 0. The number of aromatic amines is 1. The van der Waals surface area contributed by atoms with E-state index in [2.05, 4.69) is 25.3 Å².